The minimum absolute atomic E-state index is 0.0850. The van der Waals surface area contributed by atoms with Crippen molar-refractivity contribution in [3.05, 3.63) is 48.4 Å². The predicted molar refractivity (Wildman–Crippen MR) is 118 cm³/mol. The molecule has 0 unspecified atom stereocenters. The molecule has 0 aliphatic carbocycles. The highest BCUT2D eigenvalue weighted by Gasteiger charge is 2.38. The maximum atomic E-state index is 14.7. The number of aromatic nitrogens is 3. The van der Waals surface area contributed by atoms with Crippen LogP contribution in [0, 0.1) is 0 Å². The van der Waals surface area contributed by atoms with Gasteiger partial charge < -0.3 is 15.0 Å². The number of pyridine rings is 3. The van der Waals surface area contributed by atoms with Crippen LogP contribution in [0.2, 0.25) is 0 Å². The SMILES string of the molecule is CC(C)(C)OC(=O)N1C[C@H](F)[C@H](Nc2ncc(-c3ccc(C(F)(F)F)cn3)c3ncccc23)C1. The molecule has 0 spiro atoms. The van der Waals surface area contributed by atoms with E-state index in [1.165, 1.54) is 23.4 Å². The average Bonchev–Trinajstić information content (AvgIpc) is 3.13. The molecule has 0 aromatic carbocycles. The van der Waals surface area contributed by atoms with Gasteiger partial charge in [-0.15, -0.1) is 0 Å². The number of alkyl halides is 4. The van der Waals surface area contributed by atoms with Gasteiger partial charge >= 0.3 is 12.3 Å². The van der Waals surface area contributed by atoms with Crippen LogP contribution >= 0.6 is 0 Å². The van der Waals surface area contributed by atoms with Crippen LogP contribution in [0.25, 0.3) is 22.2 Å². The second kappa shape index (κ2) is 8.69. The van der Waals surface area contributed by atoms with Gasteiger partial charge in [0.25, 0.3) is 0 Å². The summed E-state index contributed by atoms with van der Waals surface area (Å²) in [6.07, 6.45) is -2.71. The van der Waals surface area contributed by atoms with E-state index in [1.807, 2.05) is 0 Å². The van der Waals surface area contributed by atoms with Crippen LogP contribution in [-0.2, 0) is 10.9 Å². The molecule has 4 rings (SSSR count). The highest BCUT2D eigenvalue weighted by Crippen LogP contribution is 2.33. The lowest BCUT2D eigenvalue weighted by atomic mass is 10.1. The minimum atomic E-state index is -4.49. The van der Waals surface area contributed by atoms with E-state index in [0.717, 1.165) is 12.3 Å². The highest BCUT2D eigenvalue weighted by atomic mass is 19.4. The van der Waals surface area contributed by atoms with E-state index in [4.69, 9.17) is 4.74 Å². The van der Waals surface area contributed by atoms with Crippen molar-refractivity contribution < 1.29 is 27.1 Å². The van der Waals surface area contributed by atoms with E-state index in [1.54, 1.807) is 32.9 Å². The first-order valence-electron chi connectivity index (χ1n) is 10.6. The molecule has 2 atom stereocenters. The molecule has 3 aromatic heterocycles. The van der Waals surface area contributed by atoms with Gasteiger partial charge in [-0.05, 0) is 45.0 Å². The summed E-state index contributed by atoms with van der Waals surface area (Å²) in [7, 11) is 0. The van der Waals surface area contributed by atoms with Gasteiger partial charge in [-0.25, -0.2) is 14.2 Å². The van der Waals surface area contributed by atoms with Crippen molar-refractivity contribution in [2.24, 2.45) is 0 Å². The maximum Gasteiger partial charge on any atom is 0.417 e. The first kappa shape index (κ1) is 23.7. The first-order chi connectivity index (χ1) is 15.9. The summed E-state index contributed by atoms with van der Waals surface area (Å²) in [6, 6.07) is 4.88. The molecular weight excluding hydrogens is 454 g/mol. The van der Waals surface area contributed by atoms with Crippen molar-refractivity contribution in [1.82, 2.24) is 19.9 Å². The van der Waals surface area contributed by atoms with Gasteiger partial charge in [0.05, 0.1) is 29.4 Å². The molecule has 34 heavy (non-hydrogen) atoms. The van der Waals surface area contributed by atoms with Crippen molar-refractivity contribution in [2.45, 2.75) is 44.8 Å². The topological polar surface area (TPSA) is 80.2 Å². The van der Waals surface area contributed by atoms with Crippen LogP contribution in [0.4, 0.5) is 28.2 Å². The molecule has 3 aromatic rings. The molecule has 1 aliphatic heterocycles. The molecule has 11 heteroatoms. The summed E-state index contributed by atoms with van der Waals surface area (Å²) in [5.74, 6) is 0.345. The van der Waals surface area contributed by atoms with Crippen LogP contribution in [0.3, 0.4) is 0 Å². The number of nitrogens with zero attached hydrogens (tertiary/aromatic N) is 4. The molecule has 180 valence electrons. The van der Waals surface area contributed by atoms with Crippen molar-refractivity contribution in [3.8, 4) is 11.3 Å². The second-order valence-corrected chi connectivity index (χ2v) is 9.00. The zero-order valence-electron chi connectivity index (χ0n) is 18.7. The van der Waals surface area contributed by atoms with Crippen LogP contribution < -0.4 is 5.32 Å². The Hall–Kier alpha value is -3.50. The third kappa shape index (κ3) is 5.02. The molecule has 1 aliphatic rings. The third-order valence-corrected chi connectivity index (χ3v) is 5.23. The largest absolute Gasteiger partial charge is 0.444 e. The number of carbonyl (C=O) groups excluding carboxylic acids is 1. The fraction of sp³-hybridized carbons (Fsp3) is 0.391. The molecular formula is C23H23F4N5O2. The highest BCUT2D eigenvalue weighted by molar-refractivity contribution is 5.98. The summed E-state index contributed by atoms with van der Waals surface area (Å²) in [5.41, 5.74) is -0.390. The van der Waals surface area contributed by atoms with Gasteiger partial charge in [0, 0.05) is 36.1 Å². The Balaban J connectivity index is 1.59. The molecule has 1 fully saturated rings. The quantitative estimate of drug-likeness (QED) is 0.530. The smallest absolute Gasteiger partial charge is 0.417 e. The van der Waals surface area contributed by atoms with Crippen molar-refractivity contribution in [3.63, 3.8) is 0 Å². The van der Waals surface area contributed by atoms with Gasteiger partial charge in [-0.1, -0.05) is 0 Å². The van der Waals surface area contributed by atoms with E-state index in [0.29, 0.717) is 22.3 Å². The maximum absolute atomic E-state index is 14.7. The zero-order valence-corrected chi connectivity index (χ0v) is 18.7. The standard InChI is InChI=1S/C23H23F4N5O2/c1-22(2,3)34-21(33)32-11-16(24)18(12-32)31-20-14-5-4-8-28-19(14)15(10-30-20)17-7-6-13(9-29-17)23(25,26)27/h4-10,16,18H,11-12H2,1-3H3,(H,30,31)/t16-,18+/m0/s1. The lowest BCUT2D eigenvalue weighted by molar-refractivity contribution is -0.137. The van der Waals surface area contributed by atoms with Gasteiger partial charge in [-0.3, -0.25) is 9.97 Å². The number of anilines is 1. The van der Waals surface area contributed by atoms with Gasteiger partial charge in [0.2, 0.25) is 0 Å². The Kier molecular flexibility index (Phi) is 6.05. The lowest BCUT2D eigenvalue weighted by Gasteiger charge is -2.24. The Morgan fingerprint density at radius 1 is 1.09 bits per heavy atom. The third-order valence-electron chi connectivity index (χ3n) is 5.23. The van der Waals surface area contributed by atoms with Crippen LogP contribution in [0.5, 0.6) is 0 Å². The molecule has 1 N–H and O–H groups in total. The number of fused-ring (bicyclic) bond motifs is 1. The normalized spacial score (nSPS) is 18.9. The van der Waals surface area contributed by atoms with E-state index in [9.17, 15) is 22.4 Å². The molecule has 0 saturated carbocycles. The minimum Gasteiger partial charge on any atom is -0.444 e. The van der Waals surface area contributed by atoms with Gasteiger partial charge in [0.15, 0.2) is 0 Å². The number of nitrogens with one attached hydrogen (secondary N) is 1. The fourth-order valence-electron chi connectivity index (χ4n) is 3.65. The van der Waals surface area contributed by atoms with E-state index >= 15 is 0 Å². The number of likely N-dealkylation sites (tertiary alicyclic amines) is 1. The van der Waals surface area contributed by atoms with E-state index in [-0.39, 0.29) is 18.8 Å². The number of amides is 1. The lowest BCUT2D eigenvalue weighted by Crippen LogP contribution is -2.36. The summed E-state index contributed by atoms with van der Waals surface area (Å²) in [4.78, 5) is 26.3. The Bertz CT molecular complexity index is 1190. The van der Waals surface area contributed by atoms with Crippen LogP contribution in [-0.4, -0.2) is 56.8 Å². The Labute approximate surface area is 193 Å². The summed E-state index contributed by atoms with van der Waals surface area (Å²) in [5, 5.41) is 3.59. The van der Waals surface area contributed by atoms with Crippen LogP contribution in [0.15, 0.2) is 42.9 Å². The number of rotatable bonds is 3. The molecule has 4 heterocycles. The molecule has 1 saturated heterocycles. The molecule has 0 bridgehead atoms. The predicted octanol–water partition coefficient (Wildman–Crippen LogP) is 5.08. The average molecular weight is 477 g/mol. The number of carbonyl (C=O) groups is 1. The molecule has 0 radical (unpaired) electrons. The Morgan fingerprint density at radius 2 is 1.85 bits per heavy atom. The number of ether oxygens (including phenoxy) is 1. The van der Waals surface area contributed by atoms with E-state index in [2.05, 4.69) is 20.3 Å². The Morgan fingerprint density at radius 3 is 2.50 bits per heavy atom. The zero-order chi connectivity index (χ0) is 24.7. The molecule has 1 amide bonds. The summed E-state index contributed by atoms with van der Waals surface area (Å²) >= 11 is 0. The van der Waals surface area contributed by atoms with Crippen molar-refractivity contribution in [2.75, 3.05) is 18.4 Å². The van der Waals surface area contributed by atoms with Crippen molar-refractivity contribution in [1.29, 1.82) is 0 Å². The number of hydrogen-bond acceptors (Lipinski definition) is 6. The second-order valence-electron chi connectivity index (χ2n) is 9.00. The number of hydrogen-bond donors (Lipinski definition) is 1. The van der Waals surface area contributed by atoms with Crippen molar-refractivity contribution >= 4 is 22.8 Å². The van der Waals surface area contributed by atoms with Crippen LogP contribution in [0.1, 0.15) is 26.3 Å². The van der Waals surface area contributed by atoms with E-state index < -0.39 is 35.6 Å². The van der Waals surface area contributed by atoms with Gasteiger partial charge in [0.1, 0.15) is 17.6 Å². The fourth-order valence-corrected chi connectivity index (χ4v) is 3.65. The van der Waals surface area contributed by atoms with Gasteiger partial charge in [-0.2, -0.15) is 13.2 Å². The monoisotopic (exact) mass is 477 g/mol. The summed E-state index contributed by atoms with van der Waals surface area (Å²) < 4.78 is 58.7. The summed E-state index contributed by atoms with van der Waals surface area (Å²) in [6.45, 7) is 5.18. The first-order valence-corrected chi connectivity index (χ1v) is 10.6. The molecule has 7 nitrogen and oxygen atoms in total. The number of halogens is 4.